The van der Waals surface area contributed by atoms with E-state index in [1.807, 2.05) is 36.4 Å². The number of hydrogen-bond donors (Lipinski definition) is 0. The average molecular weight is 430 g/mol. The van der Waals surface area contributed by atoms with E-state index in [-0.39, 0.29) is 11.8 Å². The fourth-order valence-corrected chi connectivity index (χ4v) is 4.13. The van der Waals surface area contributed by atoms with Crippen LogP contribution in [0.3, 0.4) is 0 Å². The fourth-order valence-electron chi connectivity index (χ4n) is 2.79. The van der Waals surface area contributed by atoms with Crippen molar-refractivity contribution in [2.75, 3.05) is 0 Å². The van der Waals surface area contributed by atoms with Gasteiger partial charge in [-0.2, -0.15) is 0 Å². The maximum atomic E-state index is 12.7. The van der Waals surface area contributed by atoms with Crippen molar-refractivity contribution in [3.05, 3.63) is 86.9 Å². The summed E-state index contributed by atoms with van der Waals surface area (Å²) in [7, 11) is 0. The zero-order chi connectivity index (χ0) is 19.7. The van der Waals surface area contributed by atoms with Crippen LogP contribution in [0.15, 0.2) is 70.0 Å². The van der Waals surface area contributed by atoms with Gasteiger partial charge in [0.15, 0.2) is 0 Å². The van der Waals surface area contributed by atoms with E-state index in [2.05, 4.69) is 0 Å². The second kappa shape index (κ2) is 7.87. The van der Waals surface area contributed by atoms with E-state index in [0.717, 1.165) is 22.2 Å². The maximum absolute atomic E-state index is 12.7. The van der Waals surface area contributed by atoms with Crippen LogP contribution in [0.4, 0.5) is 4.79 Å². The summed E-state index contributed by atoms with van der Waals surface area (Å²) >= 11 is 13.2. The summed E-state index contributed by atoms with van der Waals surface area (Å²) in [6, 6.07) is 18.3. The molecule has 7 heteroatoms. The molecule has 1 aromatic heterocycles. The minimum absolute atomic E-state index is 0.0218. The third-order valence-electron chi connectivity index (χ3n) is 4.21. The van der Waals surface area contributed by atoms with Gasteiger partial charge in [-0.3, -0.25) is 14.5 Å². The van der Waals surface area contributed by atoms with Crippen LogP contribution in [0.25, 0.3) is 17.4 Å². The highest BCUT2D eigenvalue weighted by Gasteiger charge is 2.36. The highest BCUT2D eigenvalue weighted by atomic mass is 35.5. The third kappa shape index (κ3) is 3.74. The first-order valence-electron chi connectivity index (χ1n) is 8.36. The van der Waals surface area contributed by atoms with Gasteiger partial charge < -0.3 is 4.42 Å². The summed E-state index contributed by atoms with van der Waals surface area (Å²) in [4.78, 5) is 26.5. The number of benzene rings is 2. The molecule has 0 spiro atoms. The summed E-state index contributed by atoms with van der Waals surface area (Å²) in [5, 5.41) is 0.449. The van der Waals surface area contributed by atoms with Gasteiger partial charge in [0.1, 0.15) is 11.5 Å². The first-order chi connectivity index (χ1) is 13.5. The number of carbonyl (C=O) groups excluding carboxylic acids is 2. The molecule has 0 N–H and O–H groups in total. The smallest absolute Gasteiger partial charge is 0.293 e. The zero-order valence-electron chi connectivity index (χ0n) is 14.4. The van der Waals surface area contributed by atoms with E-state index < -0.39 is 5.91 Å². The quantitative estimate of drug-likeness (QED) is 0.444. The minimum atomic E-state index is -0.399. The Morgan fingerprint density at radius 3 is 2.36 bits per heavy atom. The summed E-state index contributed by atoms with van der Waals surface area (Å²) in [5.74, 6) is 0.790. The lowest BCUT2D eigenvalue weighted by molar-refractivity contribution is -0.123. The largest absolute Gasteiger partial charge is 0.457 e. The molecule has 28 heavy (non-hydrogen) atoms. The summed E-state index contributed by atoms with van der Waals surface area (Å²) < 4.78 is 5.79. The minimum Gasteiger partial charge on any atom is -0.457 e. The Kier molecular flexibility index (Phi) is 5.31. The Morgan fingerprint density at radius 1 is 0.929 bits per heavy atom. The van der Waals surface area contributed by atoms with Crippen molar-refractivity contribution < 1.29 is 14.0 Å². The van der Waals surface area contributed by atoms with Gasteiger partial charge in [-0.05, 0) is 36.0 Å². The SMILES string of the molecule is O=C1S/C(=C\c2ccc(-c3ccccc3)o2)C(=O)N1Cc1c(Cl)cccc1Cl. The van der Waals surface area contributed by atoms with Crippen LogP contribution in [0.1, 0.15) is 11.3 Å². The van der Waals surface area contributed by atoms with Gasteiger partial charge in [0.2, 0.25) is 0 Å². The molecule has 1 aliphatic rings. The highest BCUT2D eigenvalue weighted by Crippen LogP contribution is 2.36. The molecule has 0 atom stereocenters. The molecule has 140 valence electrons. The Morgan fingerprint density at radius 2 is 1.64 bits per heavy atom. The van der Waals surface area contributed by atoms with Crippen molar-refractivity contribution in [3.8, 4) is 11.3 Å². The number of rotatable bonds is 4. The van der Waals surface area contributed by atoms with Gasteiger partial charge in [0.25, 0.3) is 11.1 Å². The maximum Gasteiger partial charge on any atom is 0.293 e. The number of carbonyl (C=O) groups is 2. The monoisotopic (exact) mass is 429 g/mol. The van der Waals surface area contributed by atoms with Gasteiger partial charge in [0, 0.05) is 27.2 Å². The average Bonchev–Trinajstić information content (AvgIpc) is 3.25. The summed E-state index contributed by atoms with van der Waals surface area (Å²) in [5.41, 5.74) is 1.47. The second-order valence-corrected chi connectivity index (χ2v) is 7.84. The number of amides is 2. The molecule has 4 rings (SSSR count). The third-order valence-corrected chi connectivity index (χ3v) is 5.83. The van der Waals surface area contributed by atoms with Crippen molar-refractivity contribution in [1.29, 1.82) is 0 Å². The zero-order valence-corrected chi connectivity index (χ0v) is 16.7. The molecular formula is C21H13Cl2NO3S. The van der Waals surface area contributed by atoms with Gasteiger partial charge in [-0.1, -0.05) is 59.6 Å². The predicted molar refractivity (Wildman–Crippen MR) is 112 cm³/mol. The van der Waals surface area contributed by atoms with Crippen LogP contribution in [0.2, 0.25) is 10.0 Å². The van der Waals surface area contributed by atoms with Gasteiger partial charge in [-0.15, -0.1) is 0 Å². The van der Waals surface area contributed by atoms with E-state index in [4.69, 9.17) is 27.6 Å². The standard InChI is InChI=1S/C21H13Cl2NO3S/c22-16-7-4-8-17(23)15(16)12-24-20(25)19(28-21(24)26)11-14-9-10-18(27-14)13-5-2-1-3-6-13/h1-11H,12H2/b19-11-. The topological polar surface area (TPSA) is 50.5 Å². The van der Waals surface area contributed by atoms with E-state index in [1.54, 1.807) is 30.3 Å². The molecule has 2 amide bonds. The van der Waals surface area contributed by atoms with Crippen LogP contribution in [-0.4, -0.2) is 16.0 Å². The molecule has 1 aliphatic heterocycles. The summed E-state index contributed by atoms with van der Waals surface area (Å²) in [6.07, 6.45) is 1.57. The van der Waals surface area contributed by atoms with Crippen molar-refractivity contribution >= 4 is 52.2 Å². The fraction of sp³-hybridized carbons (Fsp3) is 0.0476. The van der Waals surface area contributed by atoms with Crippen LogP contribution in [0.5, 0.6) is 0 Å². The number of nitrogens with zero attached hydrogens (tertiary/aromatic N) is 1. The first kappa shape index (κ1) is 18.9. The van der Waals surface area contributed by atoms with E-state index in [9.17, 15) is 9.59 Å². The normalized spacial score (nSPS) is 15.6. The van der Waals surface area contributed by atoms with Crippen LogP contribution in [0, 0.1) is 0 Å². The Hall–Kier alpha value is -2.47. The second-order valence-electron chi connectivity index (χ2n) is 6.04. The molecule has 2 heterocycles. The highest BCUT2D eigenvalue weighted by molar-refractivity contribution is 8.18. The molecule has 1 saturated heterocycles. The molecule has 0 saturated carbocycles. The number of imide groups is 1. The molecule has 0 aliphatic carbocycles. The predicted octanol–water partition coefficient (Wildman–Crippen LogP) is 6.49. The number of thioether (sulfide) groups is 1. The molecular weight excluding hydrogens is 417 g/mol. The van der Waals surface area contributed by atoms with Gasteiger partial charge in [-0.25, -0.2) is 0 Å². The molecule has 2 aromatic carbocycles. The first-order valence-corrected chi connectivity index (χ1v) is 9.93. The lowest BCUT2D eigenvalue weighted by Crippen LogP contribution is -2.27. The Labute approximate surface area is 175 Å². The Balaban J connectivity index is 1.57. The number of furan rings is 1. The number of halogens is 2. The van der Waals surface area contributed by atoms with E-state index in [0.29, 0.717) is 32.0 Å². The molecule has 3 aromatic rings. The van der Waals surface area contributed by atoms with Crippen molar-refractivity contribution in [3.63, 3.8) is 0 Å². The Bertz CT molecular complexity index is 1070. The van der Waals surface area contributed by atoms with Gasteiger partial charge >= 0.3 is 0 Å². The van der Waals surface area contributed by atoms with Crippen LogP contribution < -0.4 is 0 Å². The van der Waals surface area contributed by atoms with E-state index >= 15 is 0 Å². The van der Waals surface area contributed by atoms with Crippen LogP contribution >= 0.6 is 35.0 Å². The lowest BCUT2D eigenvalue weighted by atomic mass is 10.2. The molecule has 4 nitrogen and oxygen atoms in total. The number of hydrogen-bond acceptors (Lipinski definition) is 4. The van der Waals surface area contributed by atoms with E-state index in [1.165, 1.54) is 0 Å². The molecule has 0 bridgehead atoms. The summed E-state index contributed by atoms with van der Waals surface area (Å²) in [6.45, 7) is 0.0218. The van der Waals surface area contributed by atoms with Crippen LogP contribution in [-0.2, 0) is 11.3 Å². The molecule has 0 unspecified atom stereocenters. The molecule has 1 fully saturated rings. The lowest BCUT2D eigenvalue weighted by Gasteiger charge is -2.14. The van der Waals surface area contributed by atoms with Crippen molar-refractivity contribution in [2.45, 2.75) is 6.54 Å². The van der Waals surface area contributed by atoms with Gasteiger partial charge in [0.05, 0.1) is 11.4 Å². The van der Waals surface area contributed by atoms with Crippen molar-refractivity contribution in [1.82, 2.24) is 4.90 Å². The van der Waals surface area contributed by atoms with Crippen molar-refractivity contribution in [2.24, 2.45) is 0 Å². The molecule has 0 radical (unpaired) electrons.